The number of hydrogen-bond donors (Lipinski definition) is 2. The van der Waals surface area contributed by atoms with Crippen molar-refractivity contribution in [2.75, 3.05) is 11.9 Å². The third-order valence-electron chi connectivity index (χ3n) is 6.01. The van der Waals surface area contributed by atoms with Crippen LogP contribution in [0, 0.1) is 0 Å². The highest BCUT2D eigenvalue weighted by molar-refractivity contribution is 7.18. The minimum Gasteiger partial charge on any atom is -0.456 e. The number of thiazole rings is 1. The van der Waals surface area contributed by atoms with Gasteiger partial charge < -0.3 is 15.4 Å². The number of rotatable bonds is 7. The summed E-state index contributed by atoms with van der Waals surface area (Å²) < 4.78 is 6.00. The van der Waals surface area contributed by atoms with Crippen LogP contribution in [-0.2, 0) is 24.2 Å². The van der Waals surface area contributed by atoms with Crippen molar-refractivity contribution in [3.05, 3.63) is 65.2 Å². The Labute approximate surface area is 245 Å². The Balaban J connectivity index is 1.61. The predicted molar refractivity (Wildman–Crippen MR) is 156 cm³/mol. The van der Waals surface area contributed by atoms with E-state index in [9.17, 15) is 14.4 Å². The molecule has 0 atom stereocenters. The summed E-state index contributed by atoms with van der Waals surface area (Å²) in [7, 11) is 0. The number of fused-ring (bicyclic) bond motifs is 1. The zero-order chi connectivity index (χ0) is 28.5. The van der Waals surface area contributed by atoms with Gasteiger partial charge in [0.2, 0.25) is 0 Å². The average Bonchev–Trinajstić information content (AvgIpc) is 3.48. The van der Waals surface area contributed by atoms with Crippen LogP contribution in [0.25, 0.3) is 0 Å². The van der Waals surface area contributed by atoms with Crippen LogP contribution in [0.15, 0.2) is 24.3 Å². The number of aromatic nitrogens is 1. The van der Waals surface area contributed by atoms with Gasteiger partial charge in [-0.15, -0.1) is 22.7 Å². The molecular formula is C27H30Cl2N4O4S2. The minimum absolute atomic E-state index is 0.0239. The summed E-state index contributed by atoms with van der Waals surface area (Å²) in [6.45, 7) is 11.2. The second kappa shape index (κ2) is 11.9. The van der Waals surface area contributed by atoms with Crippen LogP contribution in [0.5, 0.6) is 0 Å². The molecule has 0 aliphatic carbocycles. The lowest BCUT2D eigenvalue weighted by molar-refractivity contribution is 0.00695. The zero-order valence-electron chi connectivity index (χ0n) is 22.3. The molecule has 12 heteroatoms. The normalized spacial score (nSPS) is 13.7. The largest absolute Gasteiger partial charge is 0.456 e. The maximum absolute atomic E-state index is 13.4. The van der Waals surface area contributed by atoms with Gasteiger partial charge in [-0.05, 0) is 58.4 Å². The second-order valence-electron chi connectivity index (χ2n) is 10.4. The number of thiophene rings is 1. The average molecular weight is 610 g/mol. The fourth-order valence-corrected chi connectivity index (χ4v) is 6.31. The van der Waals surface area contributed by atoms with Gasteiger partial charge in [0.25, 0.3) is 11.8 Å². The number of carbonyl (C=O) groups is 3. The lowest BCUT2D eigenvalue weighted by Crippen LogP contribution is -2.35. The molecule has 3 aromatic rings. The Bertz CT molecular complexity index is 1410. The summed E-state index contributed by atoms with van der Waals surface area (Å²) in [5, 5.41) is 6.01. The molecule has 0 bridgehead atoms. The highest BCUT2D eigenvalue weighted by atomic mass is 35.5. The monoisotopic (exact) mass is 608 g/mol. The molecule has 2 amide bonds. The van der Waals surface area contributed by atoms with E-state index in [1.165, 1.54) is 17.4 Å². The molecule has 0 unspecified atom stereocenters. The summed E-state index contributed by atoms with van der Waals surface area (Å²) in [6, 6.07) is 6.84. The SMILES string of the molecule is CC(C)N1CCc2nc(C(=O)Nc3c(CNC(=O)c4ccc(Cl)s4)ccc(C(=O)OC(C)(C)C)c3Cl)sc2C1. The minimum atomic E-state index is -0.734. The van der Waals surface area contributed by atoms with Crippen molar-refractivity contribution in [2.45, 2.75) is 65.8 Å². The molecule has 1 aromatic carbocycles. The topological polar surface area (TPSA) is 101 Å². The fourth-order valence-electron chi connectivity index (χ4n) is 4.01. The number of ether oxygens (including phenoxy) is 1. The number of carbonyl (C=O) groups excluding carboxylic acids is 3. The Morgan fingerprint density at radius 3 is 2.49 bits per heavy atom. The van der Waals surface area contributed by atoms with Gasteiger partial charge in [0.15, 0.2) is 5.01 Å². The van der Waals surface area contributed by atoms with Crippen LogP contribution >= 0.6 is 45.9 Å². The number of nitrogens with one attached hydrogen (secondary N) is 2. The summed E-state index contributed by atoms with van der Waals surface area (Å²) in [4.78, 5) is 47.3. The highest BCUT2D eigenvalue weighted by Gasteiger charge is 2.27. The molecule has 2 aromatic heterocycles. The summed E-state index contributed by atoms with van der Waals surface area (Å²) >= 11 is 15.2. The lowest BCUT2D eigenvalue weighted by Gasteiger charge is -2.29. The fraction of sp³-hybridized carbons (Fsp3) is 0.407. The number of esters is 1. The molecule has 1 aliphatic rings. The van der Waals surface area contributed by atoms with Crippen LogP contribution in [-0.4, -0.2) is 45.9 Å². The first-order valence-electron chi connectivity index (χ1n) is 12.4. The van der Waals surface area contributed by atoms with E-state index in [-0.39, 0.29) is 28.7 Å². The van der Waals surface area contributed by atoms with Crippen molar-refractivity contribution in [2.24, 2.45) is 0 Å². The first-order chi connectivity index (χ1) is 18.3. The Morgan fingerprint density at radius 1 is 1.10 bits per heavy atom. The Morgan fingerprint density at radius 2 is 1.85 bits per heavy atom. The van der Waals surface area contributed by atoms with E-state index < -0.39 is 17.5 Å². The smallest absolute Gasteiger partial charge is 0.340 e. The number of hydrogen-bond acceptors (Lipinski definition) is 8. The molecule has 0 spiro atoms. The first kappa shape index (κ1) is 29.5. The van der Waals surface area contributed by atoms with E-state index in [4.69, 9.17) is 27.9 Å². The van der Waals surface area contributed by atoms with Crippen LogP contribution in [0.4, 0.5) is 5.69 Å². The third-order valence-corrected chi connectivity index (χ3v) is 8.71. The molecule has 39 heavy (non-hydrogen) atoms. The molecular weight excluding hydrogens is 579 g/mol. The van der Waals surface area contributed by atoms with E-state index >= 15 is 0 Å². The van der Waals surface area contributed by atoms with Crippen molar-refractivity contribution in [1.82, 2.24) is 15.2 Å². The maximum atomic E-state index is 13.4. The van der Waals surface area contributed by atoms with E-state index in [2.05, 4.69) is 34.4 Å². The number of amides is 2. The molecule has 208 valence electrons. The number of benzene rings is 1. The maximum Gasteiger partial charge on any atom is 0.340 e. The summed E-state index contributed by atoms with van der Waals surface area (Å²) in [5.41, 5.74) is 1.03. The molecule has 8 nitrogen and oxygen atoms in total. The summed E-state index contributed by atoms with van der Waals surface area (Å²) in [5.74, 6) is -1.38. The van der Waals surface area contributed by atoms with E-state index in [1.54, 1.807) is 39.0 Å². The van der Waals surface area contributed by atoms with E-state index in [0.29, 0.717) is 25.8 Å². The third kappa shape index (κ3) is 7.18. The number of anilines is 1. The van der Waals surface area contributed by atoms with E-state index in [1.807, 2.05) is 0 Å². The second-order valence-corrected chi connectivity index (χ2v) is 13.6. The Kier molecular flexibility index (Phi) is 9.02. The molecule has 3 heterocycles. The van der Waals surface area contributed by atoms with Gasteiger partial charge in [-0.25, -0.2) is 9.78 Å². The van der Waals surface area contributed by atoms with Crippen LogP contribution in [0.2, 0.25) is 9.36 Å². The molecule has 1 aliphatic heterocycles. The van der Waals surface area contributed by atoms with Gasteiger partial charge in [0.05, 0.1) is 31.2 Å². The van der Waals surface area contributed by atoms with Gasteiger partial charge in [-0.1, -0.05) is 29.3 Å². The van der Waals surface area contributed by atoms with Crippen LogP contribution in [0.3, 0.4) is 0 Å². The van der Waals surface area contributed by atoms with Crippen LogP contribution < -0.4 is 10.6 Å². The number of nitrogens with zero attached hydrogens (tertiary/aromatic N) is 2. The molecule has 0 fully saturated rings. The highest BCUT2D eigenvalue weighted by Crippen LogP contribution is 2.33. The first-order valence-corrected chi connectivity index (χ1v) is 14.8. The van der Waals surface area contributed by atoms with Crippen molar-refractivity contribution < 1.29 is 19.1 Å². The predicted octanol–water partition coefficient (Wildman–Crippen LogP) is 6.42. The molecule has 2 N–H and O–H groups in total. The van der Waals surface area contributed by atoms with Gasteiger partial charge >= 0.3 is 5.97 Å². The zero-order valence-corrected chi connectivity index (χ0v) is 25.5. The molecule has 4 rings (SSSR count). The van der Waals surface area contributed by atoms with Gasteiger partial charge in [-0.2, -0.15) is 0 Å². The Hall–Kier alpha value is -2.50. The molecule has 0 saturated carbocycles. The lowest BCUT2D eigenvalue weighted by atomic mass is 10.1. The van der Waals surface area contributed by atoms with Gasteiger partial charge in [-0.3, -0.25) is 14.5 Å². The van der Waals surface area contributed by atoms with Crippen molar-refractivity contribution in [3.8, 4) is 0 Å². The van der Waals surface area contributed by atoms with Crippen molar-refractivity contribution in [3.63, 3.8) is 0 Å². The van der Waals surface area contributed by atoms with Gasteiger partial charge in [0.1, 0.15) is 5.60 Å². The molecule has 0 saturated heterocycles. The van der Waals surface area contributed by atoms with Gasteiger partial charge in [0, 0.05) is 37.0 Å². The quantitative estimate of drug-likeness (QED) is 0.300. The number of halogens is 2. The van der Waals surface area contributed by atoms with Crippen LogP contribution in [0.1, 0.15) is 80.6 Å². The van der Waals surface area contributed by atoms with E-state index in [0.717, 1.165) is 41.4 Å². The van der Waals surface area contributed by atoms with Crippen molar-refractivity contribution in [1.29, 1.82) is 0 Å². The standard InChI is InChI=1S/C27H30Cl2N4O4S2/c1-14(2)33-11-10-17-19(13-33)39-25(31-17)24(35)32-22-15(12-30-23(34)18-8-9-20(28)38-18)6-7-16(21(22)29)26(36)37-27(3,4)5/h6-9,14H,10-13H2,1-5H3,(H,30,34)(H,32,35). The molecule has 0 radical (unpaired) electrons. The van der Waals surface area contributed by atoms with Crippen molar-refractivity contribution >= 4 is 69.3 Å². The summed E-state index contributed by atoms with van der Waals surface area (Å²) in [6.07, 6.45) is 0.774.